The van der Waals surface area contributed by atoms with Crippen molar-refractivity contribution in [2.45, 2.75) is 12.8 Å². The fraction of sp³-hybridized carbons (Fsp3) is 0.250. The number of anilines is 1. The quantitative estimate of drug-likeness (QED) is 0.801. The third-order valence-corrected chi connectivity index (χ3v) is 3.94. The molecule has 0 spiro atoms. The average Bonchev–Trinajstić information content (AvgIpc) is 2.93. The first-order valence-electron chi connectivity index (χ1n) is 7.30. The summed E-state index contributed by atoms with van der Waals surface area (Å²) in [7, 11) is 0. The van der Waals surface area contributed by atoms with E-state index in [0.29, 0.717) is 5.92 Å². The van der Waals surface area contributed by atoms with E-state index in [-0.39, 0.29) is 0 Å². The second-order valence-corrected chi connectivity index (χ2v) is 5.51. The lowest BCUT2D eigenvalue weighted by Gasteiger charge is -2.39. The minimum Gasteiger partial charge on any atom is -0.354 e. The molecule has 3 aromatic rings. The number of aromatic amines is 1. The smallest absolute Gasteiger partial charge is 0.157 e. The molecule has 0 radical (unpaired) electrons. The number of nitrogens with zero attached hydrogens (tertiary/aromatic N) is 5. The van der Waals surface area contributed by atoms with Crippen LogP contribution in [-0.4, -0.2) is 38.2 Å². The fourth-order valence-electron chi connectivity index (χ4n) is 2.75. The van der Waals surface area contributed by atoms with Crippen molar-refractivity contribution in [1.82, 2.24) is 25.1 Å². The minimum atomic E-state index is 0.364. The van der Waals surface area contributed by atoms with Crippen molar-refractivity contribution >= 4 is 5.82 Å². The first kappa shape index (κ1) is 12.9. The van der Waals surface area contributed by atoms with Gasteiger partial charge < -0.3 is 4.90 Å². The van der Waals surface area contributed by atoms with Gasteiger partial charge in [0.2, 0.25) is 0 Å². The van der Waals surface area contributed by atoms with Gasteiger partial charge in [-0.3, -0.25) is 5.10 Å². The molecular formula is C16H16N6. The maximum absolute atomic E-state index is 4.48. The molecule has 4 rings (SSSR count). The van der Waals surface area contributed by atoms with E-state index in [0.717, 1.165) is 41.7 Å². The fourth-order valence-corrected chi connectivity index (χ4v) is 2.75. The van der Waals surface area contributed by atoms with E-state index in [2.05, 4.69) is 42.2 Å². The van der Waals surface area contributed by atoms with Crippen molar-refractivity contribution in [3.8, 4) is 11.1 Å². The molecule has 1 saturated heterocycles. The van der Waals surface area contributed by atoms with Crippen LogP contribution in [0.5, 0.6) is 0 Å². The SMILES string of the molecule is Cc1nc(C2CN(c3ncncc3-c3ccccc3)C2)n[nH]1. The Bertz CT molecular complexity index is 776. The number of nitrogens with one attached hydrogen (secondary N) is 1. The molecule has 3 heterocycles. The molecule has 110 valence electrons. The van der Waals surface area contributed by atoms with Gasteiger partial charge in [0.25, 0.3) is 0 Å². The molecule has 0 unspecified atom stereocenters. The Morgan fingerprint density at radius 1 is 1.18 bits per heavy atom. The number of hydrogen-bond acceptors (Lipinski definition) is 5. The van der Waals surface area contributed by atoms with Crippen LogP contribution in [0.1, 0.15) is 17.6 Å². The molecule has 0 amide bonds. The Morgan fingerprint density at radius 3 is 2.73 bits per heavy atom. The number of benzene rings is 1. The highest BCUT2D eigenvalue weighted by molar-refractivity contribution is 5.75. The highest BCUT2D eigenvalue weighted by Crippen LogP contribution is 2.34. The lowest BCUT2D eigenvalue weighted by molar-refractivity contribution is 0.498. The molecule has 0 aliphatic carbocycles. The molecule has 6 nitrogen and oxygen atoms in total. The average molecular weight is 292 g/mol. The number of aromatic nitrogens is 5. The van der Waals surface area contributed by atoms with Gasteiger partial charge in [-0.2, -0.15) is 5.10 Å². The van der Waals surface area contributed by atoms with Crippen LogP contribution in [-0.2, 0) is 0 Å². The minimum absolute atomic E-state index is 0.364. The van der Waals surface area contributed by atoms with Crippen molar-refractivity contribution in [1.29, 1.82) is 0 Å². The number of aryl methyl sites for hydroxylation is 1. The maximum Gasteiger partial charge on any atom is 0.157 e. The van der Waals surface area contributed by atoms with E-state index in [9.17, 15) is 0 Å². The monoisotopic (exact) mass is 292 g/mol. The second kappa shape index (κ2) is 5.22. The van der Waals surface area contributed by atoms with Crippen molar-refractivity contribution < 1.29 is 0 Å². The Morgan fingerprint density at radius 2 is 2.00 bits per heavy atom. The topological polar surface area (TPSA) is 70.6 Å². The summed E-state index contributed by atoms with van der Waals surface area (Å²) in [6.07, 6.45) is 3.48. The van der Waals surface area contributed by atoms with Crippen LogP contribution in [0, 0.1) is 6.92 Å². The van der Waals surface area contributed by atoms with Gasteiger partial charge in [0.1, 0.15) is 18.0 Å². The maximum atomic E-state index is 4.48. The number of rotatable bonds is 3. The van der Waals surface area contributed by atoms with Crippen LogP contribution < -0.4 is 4.90 Å². The van der Waals surface area contributed by atoms with E-state index in [1.165, 1.54) is 0 Å². The van der Waals surface area contributed by atoms with Crippen LogP contribution in [0.2, 0.25) is 0 Å². The molecular weight excluding hydrogens is 276 g/mol. The normalized spacial score (nSPS) is 14.9. The summed E-state index contributed by atoms with van der Waals surface area (Å²) >= 11 is 0. The highest BCUT2D eigenvalue weighted by Gasteiger charge is 2.33. The van der Waals surface area contributed by atoms with Crippen molar-refractivity contribution in [3.05, 3.63) is 54.5 Å². The van der Waals surface area contributed by atoms with Gasteiger partial charge in [-0.1, -0.05) is 30.3 Å². The van der Waals surface area contributed by atoms with Gasteiger partial charge in [-0.05, 0) is 12.5 Å². The van der Waals surface area contributed by atoms with Crippen LogP contribution in [0.4, 0.5) is 5.82 Å². The third kappa shape index (κ3) is 2.22. The van der Waals surface area contributed by atoms with E-state index in [1.54, 1.807) is 6.33 Å². The molecule has 1 fully saturated rings. The Labute approximate surface area is 128 Å². The molecule has 22 heavy (non-hydrogen) atoms. The zero-order chi connectivity index (χ0) is 14.9. The third-order valence-electron chi connectivity index (χ3n) is 3.94. The predicted molar refractivity (Wildman–Crippen MR) is 83.5 cm³/mol. The second-order valence-electron chi connectivity index (χ2n) is 5.51. The van der Waals surface area contributed by atoms with Gasteiger partial charge in [-0.15, -0.1) is 0 Å². The summed E-state index contributed by atoms with van der Waals surface area (Å²) in [5.74, 6) is 3.10. The predicted octanol–water partition coefficient (Wildman–Crippen LogP) is 2.17. The molecule has 0 atom stereocenters. The summed E-state index contributed by atoms with van der Waals surface area (Å²) in [6, 6.07) is 10.2. The number of H-pyrrole nitrogens is 1. The summed E-state index contributed by atoms with van der Waals surface area (Å²) < 4.78 is 0. The van der Waals surface area contributed by atoms with Crippen molar-refractivity contribution in [2.75, 3.05) is 18.0 Å². The van der Waals surface area contributed by atoms with Crippen LogP contribution >= 0.6 is 0 Å². The highest BCUT2D eigenvalue weighted by atomic mass is 15.3. The Balaban J connectivity index is 1.58. The molecule has 1 aliphatic rings. The van der Waals surface area contributed by atoms with Crippen molar-refractivity contribution in [3.63, 3.8) is 0 Å². The zero-order valence-corrected chi connectivity index (χ0v) is 12.3. The lowest BCUT2D eigenvalue weighted by atomic mass is 9.98. The van der Waals surface area contributed by atoms with Gasteiger partial charge >= 0.3 is 0 Å². The van der Waals surface area contributed by atoms with E-state index in [4.69, 9.17) is 0 Å². The summed E-state index contributed by atoms with van der Waals surface area (Å²) in [6.45, 7) is 3.69. The summed E-state index contributed by atoms with van der Waals surface area (Å²) in [5, 5.41) is 7.16. The van der Waals surface area contributed by atoms with Crippen LogP contribution in [0.25, 0.3) is 11.1 Å². The number of hydrogen-bond donors (Lipinski definition) is 1. The molecule has 1 N–H and O–H groups in total. The Kier molecular flexibility index (Phi) is 3.07. The lowest BCUT2D eigenvalue weighted by Crippen LogP contribution is -2.46. The van der Waals surface area contributed by atoms with Gasteiger partial charge in [-0.25, -0.2) is 15.0 Å². The summed E-state index contributed by atoms with van der Waals surface area (Å²) in [4.78, 5) is 15.3. The first-order valence-corrected chi connectivity index (χ1v) is 7.30. The van der Waals surface area contributed by atoms with Crippen molar-refractivity contribution in [2.24, 2.45) is 0 Å². The van der Waals surface area contributed by atoms with Gasteiger partial charge in [0, 0.05) is 24.8 Å². The van der Waals surface area contributed by atoms with Gasteiger partial charge in [0.15, 0.2) is 5.82 Å². The molecule has 2 aromatic heterocycles. The molecule has 1 aliphatic heterocycles. The zero-order valence-electron chi connectivity index (χ0n) is 12.3. The standard InChI is InChI=1S/C16H16N6/c1-11-19-15(21-20-11)13-8-22(9-13)16-14(7-17-10-18-16)12-5-3-2-4-6-12/h2-7,10,13H,8-9H2,1H3,(H,19,20,21). The van der Waals surface area contributed by atoms with E-state index in [1.807, 2.05) is 31.3 Å². The van der Waals surface area contributed by atoms with E-state index < -0.39 is 0 Å². The van der Waals surface area contributed by atoms with Crippen LogP contribution in [0.15, 0.2) is 42.9 Å². The van der Waals surface area contributed by atoms with E-state index >= 15 is 0 Å². The molecule has 1 aromatic carbocycles. The summed E-state index contributed by atoms with van der Waals surface area (Å²) in [5.41, 5.74) is 2.20. The largest absolute Gasteiger partial charge is 0.354 e. The molecule has 0 saturated carbocycles. The van der Waals surface area contributed by atoms with Gasteiger partial charge in [0.05, 0.1) is 5.92 Å². The molecule has 6 heteroatoms. The molecule has 0 bridgehead atoms. The first-order chi connectivity index (χ1) is 10.8. The van der Waals surface area contributed by atoms with Crippen LogP contribution in [0.3, 0.4) is 0 Å². The Hall–Kier alpha value is -2.76.